The molecular weight excluding hydrogens is 568 g/mol. The van der Waals surface area contributed by atoms with Crippen molar-refractivity contribution in [3.8, 4) is 0 Å². The van der Waals surface area contributed by atoms with E-state index in [2.05, 4.69) is 26.6 Å². The molecule has 232 valence electrons. The number of nitrogens with zero attached hydrogens (tertiary/aromatic N) is 2. The van der Waals surface area contributed by atoms with Gasteiger partial charge in [-0.15, -0.1) is 0 Å². The zero-order valence-electron chi connectivity index (χ0n) is 24.3. The van der Waals surface area contributed by atoms with Gasteiger partial charge in [0.1, 0.15) is 6.10 Å². The Labute approximate surface area is 249 Å². The van der Waals surface area contributed by atoms with Crippen LogP contribution < -0.4 is 26.6 Å². The van der Waals surface area contributed by atoms with Gasteiger partial charge in [-0.2, -0.15) is 11.8 Å². The first kappa shape index (κ1) is 32.9. The lowest BCUT2D eigenvalue weighted by molar-refractivity contribution is -0.386. The molecule has 0 aliphatic carbocycles. The number of likely N-dealkylation sites (N-methyl/N-ethyl adjacent to an activating group) is 1. The van der Waals surface area contributed by atoms with Crippen LogP contribution in [0.15, 0.2) is 18.2 Å². The van der Waals surface area contributed by atoms with Crippen LogP contribution in [0.2, 0.25) is 0 Å². The molecule has 14 nitrogen and oxygen atoms in total. The van der Waals surface area contributed by atoms with E-state index in [1.54, 1.807) is 19.1 Å². The fraction of sp³-hybridized carbons (Fsp3) is 0.630. The highest BCUT2D eigenvalue weighted by molar-refractivity contribution is 8.00. The highest BCUT2D eigenvalue weighted by atomic mass is 32.2. The Morgan fingerprint density at radius 2 is 1.95 bits per heavy atom. The van der Waals surface area contributed by atoms with Crippen LogP contribution in [0.1, 0.15) is 56.8 Å². The standard InChI is InChI=1S/C27H41N7O7S/c1-17(41-27(38)30-11-10-28-18(2)35)20-14-19(8-9-22(20)34(39)40)15-33(3)13-12-29-24(36)7-5-4-6-23-25-21(16-42-23)31-26(37)32-25/h8-9,14,17,21,23,25H,4-7,10-13,15-16H2,1-3H3,(H,28,35)(H,29,36)(H,30,38)(H2,31,32,37)/t17?,21-,23-,25-/m0/s1/i3+2. The molecule has 0 saturated carbocycles. The van der Waals surface area contributed by atoms with Crippen LogP contribution in [0.25, 0.3) is 0 Å². The minimum Gasteiger partial charge on any atom is -0.441 e. The Balaban J connectivity index is 1.37. The second-order valence-corrected chi connectivity index (χ2v) is 11.8. The van der Waals surface area contributed by atoms with Gasteiger partial charge in [0.2, 0.25) is 11.8 Å². The number of fused-ring (bicyclic) bond motifs is 1. The summed E-state index contributed by atoms with van der Waals surface area (Å²) in [5.41, 5.74) is 0.921. The molecule has 3 rings (SSSR count). The number of amides is 5. The summed E-state index contributed by atoms with van der Waals surface area (Å²) < 4.78 is 5.33. The fourth-order valence-electron chi connectivity index (χ4n) is 5.00. The van der Waals surface area contributed by atoms with Crippen molar-refractivity contribution in [2.45, 2.75) is 69.5 Å². The van der Waals surface area contributed by atoms with Gasteiger partial charge in [0, 0.05) is 63.1 Å². The molecule has 0 radical (unpaired) electrons. The molecule has 2 saturated heterocycles. The summed E-state index contributed by atoms with van der Waals surface area (Å²) in [6.45, 7) is 4.85. The number of ether oxygens (including phenoxy) is 1. The van der Waals surface area contributed by atoms with Crippen molar-refractivity contribution in [3.63, 3.8) is 0 Å². The van der Waals surface area contributed by atoms with E-state index >= 15 is 0 Å². The van der Waals surface area contributed by atoms with Gasteiger partial charge in [-0.25, -0.2) is 9.59 Å². The third-order valence-electron chi connectivity index (χ3n) is 7.13. The highest BCUT2D eigenvalue weighted by Gasteiger charge is 2.42. The van der Waals surface area contributed by atoms with Crippen LogP contribution in [0, 0.1) is 10.1 Å². The summed E-state index contributed by atoms with van der Waals surface area (Å²) in [6.07, 6.45) is 1.51. The van der Waals surface area contributed by atoms with E-state index in [1.165, 1.54) is 13.0 Å². The van der Waals surface area contributed by atoms with Gasteiger partial charge < -0.3 is 36.2 Å². The fourth-order valence-corrected chi connectivity index (χ4v) is 6.55. The molecule has 2 aliphatic rings. The molecule has 4 atom stereocenters. The summed E-state index contributed by atoms with van der Waals surface area (Å²) in [6, 6.07) is 5.02. The van der Waals surface area contributed by atoms with Crippen LogP contribution >= 0.6 is 11.8 Å². The zero-order chi connectivity index (χ0) is 30.6. The molecule has 42 heavy (non-hydrogen) atoms. The third-order valence-corrected chi connectivity index (χ3v) is 8.64. The summed E-state index contributed by atoms with van der Waals surface area (Å²) in [5, 5.41) is 25.9. The van der Waals surface area contributed by atoms with Crippen molar-refractivity contribution >= 4 is 41.4 Å². The van der Waals surface area contributed by atoms with Crippen LogP contribution in [-0.4, -0.2) is 90.1 Å². The Kier molecular flexibility index (Phi) is 12.7. The molecule has 1 aromatic rings. The summed E-state index contributed by atoms with van der Waals surface area (Å²) in [4.78, 5) is 59.9. The molecule has 0 aromatic heterocycles. The monoisotopic (exact) mass is 609 g/mol. The number of nitro benzene ring substituents is 1. The van der Waals surface area contributed by atoms with E-state index in [-0.39, 0.29) is 54.3 Å². The summed E-state index contributed by atoms with van der Waals surface area (Å²) in [5.74, 6) is 0.701. The van der Waals surface area contributed by atoms with Crippen molar-refractivity contribution in [1.29, 1.82) is 0 Å². The minimum absolute atomic E-state index is 0.00451. The van der Waals surface area contributed by atoms with Gasteiger partial charge in [-0.1, -0.05) is 12.5 Å². The molecule has 5 N–H and O–H groups in total. The van der Waals surface area contributed by atoms with Crippen molar-refractivity contribution in [2.75, 3.05) is 39.0 Å². The molecule has 1 aromatic carbocycles. The lowest BCUT2D eigenvalue weighted by atomic mass is 10.0. The van der Waals surface area contributed by atoms with Crippen LogP contribution in [0.4, 0.5) is 15.3 Å². The Morgan fingerprint density at radius 3 is 2.69 bits per heavy atom. The predicted molar refractivity (Wildman–Crippen MR) is 158 cm³/mol. The predicted octanol–water partition coefficient (Wildman–Crippen LogP) is 1.79. The molecule has 2 fully saturated rings. The Hall–Kier alpha value is -3.59. The molecule has 0 bridgehead atoms. The number of rotatable bonds is 16. The average Bonchev–Trinajstić information content (AvgIpc) is 3.48. The molecule has 2 heterocycles. The molecular formula is C27H41N7O7S. The molecule has 1 unspecified atom stereocenters. The zero-order valence-corrected chi connectivity index (χ0v) is 25.1. The van der Waals surface area contributed by atoms with Crippen molar-refractivity contribution < 1.29 is 28.8 Å². The Morgan fingerprint density at radius 1 is 1.19 bits per heavy atom. The largest absolute Gasteiger partial charge is 0.441 e. The van der Waals surface area contributed by atoms with Crippen LogP contribution in [0.5, 0.6) is 0 Å². The maximum absolute atomic E-state index is 12.3. The van der Waals surface area contributed by atoms with E-state index in [1.807, 2.05) is 23.7 Å². The maximum atomic E-state index is 12.3. The van der Waals surface area contributed by atoms with E-state index < -0.39 is 17.1 Å². The topological polar surface area (TPSA) is 184 Å². The van der Waals surface area contributed by atoms with Gasteiger partial charge in [0.15, 0.2) is 0 Å². The summed E-state index contributed by atoms with van der Waals surface area (Å²) >= 11 is 1.87. The van der Waals surface area contributed by atoms with Gasteiger partial charge >= 0.3 is 12.1 Å². The second-order valence-electron chi connectivity index (χ2n) is 10.6. The van der Waals surface area contributed by atoms with E-state index in [0.717, 1.165) is 30.6 Å². The average molecular weight is 610 g/mol. The Bertz CT molecular complexity index is 1140. The molecule has 0 spiro atoms. The second kappa shape index (κ2) is 16.2. The quantitative estimate of drug-likeness (QED) is 0.0807. The van der Waals surface area contributed by atoms with E-state index in [9.17, 15) is 29.3 Å². The number of nitro groups is 1. The number of unbranched alkanes of at least 4 members (excludes halogenated alkanes) is 1. The van der Waals surface area contributed by atoms with E-state index in [0.29, 0.717) is 31.3 Å². The first-order valence-corrected chi connectivity index (χ1v) is 15.2. The van der Waals surface area contributed by atoms with Gasteiger partial charge in [0.25, 0.3) is 5.69 Å². The van der Waals surface area contributed by atoms with Gasteiger partial charge in [-0.3, -0.25) is 19.7 Å². The smallest absolute Gasteiger partial charge is 0.407 e. The highest BCUT2D eigenvalue weighted by Crippen LogP contribution is 2.33. The minimum atomic E-state index is -0.877. The van der Waals surface area contributed by atoms with Crippen LogP contribution in [-0.2, 0) is 20.9 Å². The summed E-state index contributed by atoms with van der Waals surface area (Å²) in [7, 11) is 1.89. The number of benzene rings is 1. The van der Waals surface area contributed by atoms with Crippen LogP contribution in [0.3, 0.4) is 0 Å². The SMILES string of the molecule is CC(=O)NCCNC(=O)OC(C)c1cc(CN([14CH3])CCNC(=O)CCCC[C@@H]2SC[C@@H]3NC(=O)N[C@@H]32)ccc1[N+](=O)[O-]. The molecule has 15 heteroatoms. The third kappa shape index (κ3) is 10.4. The lowest BCUT2D eigenvalue weighted by Gasteiger charge is -2.19. The number of hydrogen-bond donors (Lipinski definition) is 5. The number of nitrogens with one attached hydrogen (secondary N) is 5. The maximum Gasteiger partial charge on any atom is 0.407 e. The van der Waals surface area contributed by atoms with Gasteiger partial charge in [0.05, 0.1) is 22.6 Å². The van der Waals surface area contributed by atoms with E-state index in [4.69, 9.17) is 4.74 Å². The number of hydrogen-bond acceptors (Lipinski definition) is 9. The number of carbonyl (C=O) groups is 4. The first-order chi connectivity index (χ1) is 20.0. The number of carbonyl (C=O) groups excluding carboxylic acids is 4. The normalized spacial score (nSPS) is 19.8. The van der Waals surface area contributed by atoms with Crippen molar-refractivity contribution in [3.05, 3.63) is 39.4 Å². The first-order valence-electron chi connectivity index (χ1n) is 14.1. The van der Waals surface area contributed by atoms with Gasteiger partial charge in [-0.05, 0) is 38.4 Å². The number of urea groups is 1. The molecule has 5 amide bonds. The van der Waals surface area contributed by atoms with Crippen molar-refractivity contribution in [2.24, 2.45) is 0 Å². The number of alkyl carbamates (subject to hydrolysis) is 1. The lowest BCUT2D eigenvalue weighted by Crippen LogP contribution is -2.36. The number of thioether (sulfide) groups is 1. The van der Waals surface area contributed by atoms with Crippen molar-refractivity contribution in [1.82, 2.24) is 31.5 Å². The molecule has 2 aliphatic heterocycles.